The summed E-state index contributed by atoms with van der Waals surface area (Å²) in [6.07, 6.45) is 5.65. The standard InChI is InChI=1S/C43H57N5O7/c1-8-14-54-15-16-55-26(7)40-24(5)33-18-32-23(4)29(11-12-38(51)44-21-27(49)10-13-39(52)53)42(47-32)30-17-37(50)41-25(6)34(48-43(30)41)19-35-28(9-2)22(3)31(45-35)20-36(40)46-33/h18,23,26,28-30,46,48H,8-17,19-21H2,1-7H3,(H,44,51)(H,52,53)/t23-,26?,28?,29-,30?/m0/s1. The molecule has 0 spiro atoms. The fourth-order valence-corrected chi connectivity index (χ4v) is 9.03. The van der Waals surface area contributed by atoms with Crippen molar-refractivity contribution in [2.75, 3.05) is 26.4 Å². The lowest BCUT2D eigenvalue weighted by Crippen LogP contribution is -2.31. The fraction of sp³-hybridized carbons (Fsp3) is 0.581. The second kappa shape index (κ2) is 17.2. The third kappa shape index (κ3) is 8.40. The Balaban J connectivity index is 1.38. The zero-order chi connectivity index (χ0) is 39.6. The Bertz CT molecular complexity index is 1980. The maximum absolute atomic E-state index is 13.8. The SMILES string of the molecule is CCCOCCOC(C)c1c2[nH]c(c1C)C=C1N=C(C3CC(=O)c4c3[nH]c(c4C)CC3=NC(=C(C)C3CC)C2)[C@@H](CCC(=O)NCC(=O)CCC(=O)O)[C@@H]1C. The van der Waals surface area contributed by atoms with Gasteiger partial charge in [0.25, 0.3) is 0 Å². The lowest BCUT2D eigenvalue weighted by atomic mass is 9.81. The number of carboxylic acids is 1. The van der Waals surface area contributed by atoms with Gasteiger partial charge in [-0.3, -0.25) is 29.2 Å². The lowest BCUT2D eigenvalue weighted by molar-refractivity contribution is -0.138. The average molecular weight is 756 g/mol. The number of nitrogens with zero attached hydrogens (tertiary/aromatic N) is 2. The Kier molecular flexibility index (Phi) is 12.6. The number of hydrogen-bond acceptors (Lipinski definition) is 8. The number of nitrogens with one attached hydrogen (secondary N) is 3. The van der Waals surface area contributed by atoms with Crippen LogP contribution in [0, 0.1) is 31.6 Å². The summed E-state index contributed by atoms with van der Waals surface area (Å²) >= 11 is 0. The molecule has 3 aliphatic heterocycles. The molecule has 12 nitrogen and oxygen atoms in total. The van der Waals surface area contributed by atoms with E-state index in [-0.39, 0.29) is 73.1 Å². The summed E-state index contributed by atoms with van der Waals surface area (Å²) in [7, 11) is 0. The number of carboxylic acid groups (broad SMARTS) is 1. The van der Waals surface area contributed by atoms with Gasteiger partial charge in [-0.25, -0.2) is 0 Å². The van der Waals surface area contributed by atoms with Crippen LogP contribution in [0.3, 0.4) is 0 Å². The molecule has 5 atom stereocenters. The number of ether oxygens (including phenoxy) is 2. The molecular weight excluding hydrogens is 699 g/mol. The molecule has 1 amide bonds. The summed E-state index contributed by atoms with van der Waals surface area (Å²) < 4.78 is 12.1. The van der Waals surface area contributed by atoms with Gasteiger partial charge >= 0.3 is 5.97 Å². The first-order valence-electron chi connectivity index (χ1n) is 20.0. The predicted octanol–water partition coefficient (Wildman–Crippen LogP) is 7.07. The number of aliphatic imine (C=N–C) groups is 2. The Morgan fingerprint density at radius 1 is 1.00 bits per heavy atom. The largest absolute Gasteiger partial charge is 0.481 e. The first-order chi connectivity index (χ1) is 26.3. The minimum Gasteiger partial charge on any atom is -0.481 e. The van der Waals surface area contributed by atoms with E-state index in [0.717, 1.165) is 80.7 Å². The molecule has 2 aromatic heterocycles. The third-order valence-electron chi connectivity index (χ3n) is 12.1. The maximum Gasteiger partial charge on any atom is 0.303 e. The van der Waals surface area contributed by atoms with Crippen molar-refractivity contribution < 1.29 is 33.8 Å². The molecule has 55 heavy (non-hydrogen) atoms. The number of carbonyl (C=O) groups is 4. The van der Waals surface area contributed by atoms with Crippen LogP contribution in [0.2, 0.25) is 0 Å². The molecule has 0 saturated heterocycles. The van der Waals surface area contributed by atoms with Gasteiger partial charge in [0.15, 0.2) is 11.6 Å². The number of H-pyrrole nitrogens is 2. The van der Waals surface area contributed by atoms with Crippen LogP contribution >= 0.6 is 0 Å². The first kappa shape index (κ1) is 40.2. The van der Waals surface area contributed by atoms with Crippen molar-refractivity contribution in [2.45, 2.75) is 118 Å². The molecule has 1 aliphatic carbocycles. The molecule has 8 bridgehead atoms. The van der Waals surface area contributed by atoms with E-state index in [1.807, 2.05) is 6.92 Å². The van der Waals surface area contributed by atoms with Crippen molar-refractivity contribution in [1.29, 1.82) is 0 Å². The smallest absolute Gasteiger partial charge is 0.303 e. The number of hydrogen-bond donors (Lipinski definition) is 4. The highest BCUT2D eigenvalue weighted by Crippen LogP contribution is 2.46. The summed E-state index contributed by atoms with van der Waals surface area (Å²) in [5.41, 5.74) is 13.1. The second-order valence-corrected chi connectivity index (χ2v) is 15.7. The van der Waals surface area contributed by atoms with Crippen molar-refractivity contribution in [3.8, 4) is 0 Å². The third-order valence-corrected chi connectivity index (χ3v) is 12.1. The molecular formula is C43H57N5O7. The van der Waals surface area contributed by atoms with Gasteiger partial charge in [-0.05, 0) is 69.7 Å². The topological polar surface area (TPSA) is 175 Å². The monoisotopic (exact) mass is 755 g/mol. The number of fused-ring (bicyclic) bond motifs is 6. The van der Waals surface area contributed by atoms with Crippen molar-refractivity contribution in [1.82, 2.24) is 15.3 Å². The number of Topliss-reactive ketones (excluding diaryl/α,β-unsaturated/α-hetero) is 2. The number of amides is 1. The molecule has 6 rings (SSSR count). The summed E-state index contributed by atoms with van der Waals surface area (Å²) in [5.74, 6) is -1.76. The average Bonchev–Trinajstić information content (AvgIpc) is 3.90. The quantitative estimate of drug-likeness (QED) is 0.133. The normalized spacial score (nSPS) is 22.2. The van der Waals surface area contributed by atoms with Gasteiger partial charge < -0.3 is 29.9 Å². The van der Waals surface area contributed by atoms with E-state index in [0.29, 0.717) is 45.5 Å². The molecule has 4 aliphatic rings. The molecule has 2 aromatic rings. The Hall–Kier alpha value is -4.42. The predicted molar refractivity (Wildman–Crippen MR) is 212 cm³/mol. The van der Waals surface area contributed by atoms with Crippen LogP contribution < -0.4 is 5.32 Å². The van der Waals surface area contributed by atoms with Crippen LogP contribution in [0.25, 0.3) is 6.08 Å². The van der Waals surface area contributed by atoms with Gasteiger partial charge in [-0.1, -0.05) is 20.8 Å². The molecule has 0 fully saturated rings. The lowest BCUT2D eigenvalue weighted by Gasteiger charge is -2.22. The van der Waals surface area contributed by atoms with Crippen LogP contribution in [0.4, 0.5) is 0 Å². The van der Waals surface area contributed by atoms with Crippen LogP contribution in [0.5, 0.6) is 0 Å². The van der Waals surface area contributed by atoms with Crippen LogP contribution in [-0.2, 0) is 36.7 Å². The summed E-state index contributed by atoms with van der Waals surface area (Å²) in [6.45, 7) is 16.4. The maximum atomic E-state index is 13.8. The van der Waals surface area contributed by atoms with E-state index < -0.39 is 5.97 Å². The molecule has 5 heterocycles. The van der Waals surface area contributed by atoms with Crippen molar-refractivity contribution in [3.05, 3.63) is 62.0 Å². The minimum absolute atomic E-state index is 0.0545. The Morgan fingerprint density at radius 2 is 1.78 bits per heavy atom. The van der Waals surface area contributed by atoms with Crippen LogP contribution in [0.15, 0.2) is 27.0 Å². The fourth-order valence-electron chi connectivity index (χ4n) is 9.03. The van der Waals surface area contributed by atoms with Crippen molar-refractivity contribution in [3.63, 3.8) is 0 Å². The molecule has 4 N–H and O–H groups in total. The first-order valence-corrected chi connectivity index (χ1v) is 20.0. The Labute approximate surface area is 323 Å². The van der Waals surface area contributed by atoms with E-state index in [1.54, 1.807) is 0 Å². The molecule has 0 radical (unpaired) electrons. The summed E-state index contributed by atoms with van der Waals surface area (Å²) in [6, 6.07) is 0. The highest BCUT2D eigenvalue weighted by Gasteiger charge is 2.44. The molecule has 3 unspecified atom stereocenters. The molecule has 296 valence electrons. The highest BCUT2D eigenvalue weighted by atomic mass is 16.5. The molecule has 0 aromatic carbocycles. The number of aromatic nitrogens is 2. The van der Waals surface area contributed by atoms with E-state index in [9.17, 15) is 19.2 Å². The van der Waals surface area contributed by atoms with Gasteiger partial charge in [0.2, 0.25) is 5.91 Å². The molecule has 0 saturated carbocycles. The number of carbonyl (C=O) groups excluding carboxylic acids is 3. The van der Waals surface area contributed by atoms with Crippen LogP contribution in [0.1, 0.15) is 141 Å². The van der Waals surface area contributed by atoms with E-state index in [4.69, 9.17) is 24.6 Å². The zero-order valence-electron chi connectivity index (χ0n) is 33.4. The Morgan fingerprint density at radius 3 is 2.51 bits per heavy atom. The van der Waals surface area contributed by atoms with E-state index in [1.165, 1.54) is 5.57 Å². The summed E-state index contributed by atoms with van der Waals surface area (Å²) in [5, 5.41) is 11.6. The summed E-state index contributed by atoms with van der Waals surface area (Å²) in [4.78, 5) is 68.0. The van der Waals surface area contributed by atoms with Gasteiger partial charge in [-0.2, -0.15) is 0 Å². The highest BCUT2D eigenvalue weighted by molar-refractivity contribution is 6.11. The number of rotatable bonds is 16. The number of aliphatic carboxylic acids is 1. The van der Waals surface area contributed by atoms with Gasteiger partial charge in [0.05, 0.1) is 32.3 Å². The van der Waals surface area contributed by atoms with E-state index in [2.05, 4.69) is 62.9 Å². The van der Waals surface area contributed by atoms with Gasteiger partial charge in [0.1, 0.15) is 0 Å². The van der Waals surface area contributed by atoms with Crippen LogP contribution in [-0.4, -0.2) is 76.3 Å². The van der Waals surface area contributed by atoms with Crippen molar-refractivity contribution >= 4 is 40.9 Å². The molecule has 12 heteroatoms. The number of aromatic amines is 2. The van der Waals surface area contributed by atoms with Gasteiger partial charge in [0, 0.05) is 119 Å². The minimum atomic E-state index is -1.05. The second-order valence-electron chi connectivity index (χ2n) is 15.7. The zero-order valence-corrected chi connectivity index (χ0v) is 33.4. The number of ketones is 2. The van der Waals surface area contributed by atoms with E-state index >= 15 is 0 Å². The number of allylic oxidation sites excluding steroid dienone is 3. The van der Waals surface area contributed by atoms with Crippen molar-refractivity contribution in [2.24, 2.45) is 27.7 Å². The van der Waals surface area contributed by atoms with Gasteiger partial charge in [-0.15, -0.1) is 0 Å².